The summed E-state index contributed by atoms with van der Waals surface area (Å²) in [6, 6.07) is 0. The zero-order chi connectivity index (χ0) is 6.69. The van der Waals surface area contributed by atoms with E-state index in [2.05, 4.69) is 5.32 Å². The Kier molecular flexibility index (Phi) is 4.14. The lowest BCUT2D eigenvalue weighted by Crippen LogP contribution is -2.19. The van der Waals surface area contributed by atoms with Gasteiger partial charge in [0.1, 0.15) is 6.10 Å². The number of amides is 1. The molecule has 0 saturated carbocycles. The third-order valence-electron chi connectivity index (χ3n) is 1.10. The molecule has 0 aliphatic carbocycles. The summed E-state index contributed by atoms with van der Waals surface area (Å²) in [6.07, 6.45) is -0.445. The Hall–Kier alpha value is -0.480. The van der Waals surface area contributed by atoms with Crippen LogP contribution in [0.4, 0.5) is 4.79 Å². The minimum Gasteiger partial charge on any atom is -0.442 e. The van der Waals surface area contributed by atoms with Crippen molar-refractivity contribution >= 4 is 18.5 Å². The van der Waals surface area contributed by atoms with Crippen molar-refractivity contribution in [3.63, 3.8) is 0 Å². The first-order valence-electron chi connectivity index (χ1n) is 2.76. The largest absolute Gasteiger partial charge is 0.442 e. The van der Waals surface area contributed by atoms with Gasteiger partial charge in [-0.15, -0.1) is 12.4 Å². The summed E-state index contributed by atoms with van der Waals surface area (Å²) in [5.74, 6) is 0. The topological polar surface area (TPSA) is 47.6 Å². The summed E-state index contributed by atoms with van der Waals surface area (Å²) in [5.41, 5.74) is 0. The molecule has 1 aliphatic heterocycles. The van der Waals surface area contributed by atoms with Crippen molar-refractivity contribution < 1.29 is 14.3 Å². The lowest BCUT2D eigenvalue weighted by atomic mass is 10.4. The van der Waals surface area contributed by atoms with Gasteiger partial charge in [-0.25, -0.2) is 4.79 Å². The Bertz CT molecular complexity index is 119. The highest BCUT2D eigenvalue weighted by Crippen LogP contribution is 1.98. The highest BCUT2D eigenvalue weighted by atomic mass is 35.5. The highest BCUT2D eigenvalue weighted by molar-refractivity contribution is 5.85. The quantitative estimate of drug-likeness (QED) is 0.638. The summed E-state index contributed by atoms with van der Waals surface area (Å²) >= 11 is 0. The molecule has 0 bridgehead atoms. The molecule has 10 heavy (non-hydrogen) atoms. The zero-order valence-corrected chi connectivity index (χ0v) is 6.44. The number of ether oxygens (including phenoxy) is 2. The Morgan fingerprint density at radius 2 is 2.60 bits per heavy atom. The lowest BCUT2D eigenvalue weighted by Gasteiger charge is -2.03. The summed E-state index contributed by atoms with van der Waals surface area (Å²) in [5, 5.41) is 2.51. The van der Waals surface area contributed by atoms with Gasteiger partial charge in [-0.2, -0.15) is 0 Å². The molecule has 1 N–H and O–H groups in total. The maximum atomic E-state index is 10.3. The van der Waals surface area contributed by atoms with Crippen molar-refractivity contribution in [2.45, 2.75) is 6.10 Å². The third-order valence-corrected chi connectivity index (χ3v) is 1.10. The first-order valence-corrected chi connectivity index (χ1v) is 2.76. The van der Waals surface area contributed by atoms with E-state index in [0.717, 1.165) is 0 Å². The van der Waals surface area contributed by atoms with Gasteiger partial charge in [0.2, 0.25) is 0 Å². The number of carbonyl (C=O) groups is 1. The number of hydrogen-bond donors (Lipinski definition) is 1. The highest BCUT2D eigenvalue weighted by Gasteiger charge is 2.21. The van der Waals surface area contributed by atoms with Gasteiger partial charge in [0.15, 0.2) is 0 Å². The van der Waals surface area contributed by atoms with Gasteiger partial charge in [-0.3, -0.25) is 0 Å². The van der Waals surface area contributed by atoms with E-state index in [1.165, 1.54) is 0 Å². The predicted molar refractivity (Wildman–Crippen MR) is 37.4 cm³/mol. The maximum absolute atomic E-state index is 10.3. The minimum absolute atomic E-state index is 0. The number of alkyl carbamates (subject to hydrolysis) is 1. The fourth-order valence-corrected chi connectivity index (χ4v) is 0.711. The average Bonchev–Trinajstić information content (AvgIpc) is 2.17. The molecule has 0 radical (unpaired) electrons. The van der Waals surface area contributed by atoms with Crippen LogP contribution in [0, 0.1) is 0 Å². The van der Waals surface area contributed by atoms with Crippen LogP contribution in [0.1, 0.15) is 0 Å². The van der Waals surface area contributed by atoms with Crippen LogP contribution in [0.5, 0.6) is 0 Å². The number of nitrogens with one attached hydrogen (secondary N) is 1. The van der Waals surface area contributed by atoms with Crippen LogP contribution in [-0.2, 0) is 9.47 Å². The molecule has 1 rings (SSSR count). The van der Waals surface area contributed by atoms with Crippen molar-refractivity contribution in [1.29, 1.82) is 0 Å². The smallest absolute Gasteiger partial charge is 0.407 e. The van der Waals surface area contributed by atoms with E-state index < -0.39 is 0 Å². The molecule has 1 atom stereocenters. The first kappa shape index (κ1) is 9.52. The molecule has 5 heteroatoms. The normalized spacial score (nSPS) is 22.9. The second kappa shape index (κ2) is 4.35. The maximum Gasteiger partial charge on any atom is 0.407 e. The molecular weight excluding hydrogens is 158 g/mol. The van der Waals surface area contributed by atoms with Gasteiger partial charge >= 0.3 is 6.09 Å². The van der Waals surface area contributed by atoms with Crippen molar-refractivity contribution in [2.24, 2.45) is 0 Å². The second-order valence-corrected chi connectivity index (χ2v) is 1.86. The Balaban J connectivity index is 0.000000810. The summed E-state index contributed by atoms with van der Waals surface area (Å²) in [7, 11) is 1.58. The molecule has 1 unspecified atom stereocenters. The van der Waals surface area contributed by atoms with E-state index in [0.29, 0.717) is 13.2 Å². The third kappa shape index (κ3) is 2.41. The molecule has 1 saturated heterocycles. The standard InChI is InChI=1S/C5H9NO3.ClH/c1-8-3-4-2-6-5(7)9-4;/h4H,2-3H2,1H3,(H,6,7);1H. The van der Waals surface area contributed by atoms with Crippen molar-refractivity contribution in [3.8, 4) is 0 Å². The monoisotopic (exact) mass is 167 g/mol. The van der Waals surface area contributed by atoms with Gasteiger partial charge in [-0.05, 0) is 0 Å². The average molecular weight is 168 g/mol. The fourth-order valence-electron chi connectivity index (χ4n) is 0.711. The van der Waals surface area contributed by atoms with Gasteiger partial charge in [-0.1, -0.05) is 0 Å². The molecule has 0 aromatic heterocycles. The molecule has 0 spiro atoms. The molecule has 1 amide bonds. The van der Waals surface area contributed by atoms with Crippen molar-refractivity contribution in [1.82, 2.24) is 5.32 Å². The first-order chi connectivity index (χ1) is 4.33. The van der Waals surface area contributed by atoms with Crippen LogP contribution >= 0.6 is 12.4 Å². The van der Waals surface area contributed by atoms with Gasteiger partial charge in [0, 0.05) is 7.11 Å². The van der Waals surface area contributed by atoms with E-state index >= 15 is 0 Å². The molecule has 1 fully saturated rings. The number of carbonyl (C=O) groups excluding carboxylic acids is 1. The van der Waals surface area contributed by atoms with Crippen LogP contribution in [0.25, 0.3) is 0 Å². The number of halogens is 1. The number of rotatable bonds is 2. The van der Waals surface area contributed by atoms with Crippen LogP contribution in [0.15, 0.2) is 0 Å². The molecule has 4 nitrogen and oxygen atoms in total. The van der Waals surface area contributed by atoms with E-state index in [1.807, 2.05) is 0 Å². The Labute approximate surface area is 65.3 Å². The number of methoxy groups -OCH3 is 1. The Morgan fingerprint density at radius 3 is 3.00 bits per heavy atom. The molecule has 0 aromatic rings. The van der Waals surface area contributed by atoms with Crippen LogP contribution in [0.3, 0.4) is 0 Å². The van der Waals surface area contributed by atoms with Gasteiger partial charge in [0.05, 0.1) is 13.2 Å². The minimum atomic E-state index is -0.350. The molecule has 1 heterocycles. The fraction of sp³-hybridized carbons (Fsp3) is 0.800. The molecule has 0 aromatic carbocycles. The second-order valence-electron chi connectivity index (χ2n) is 1.86. The van der Waals surface area contributed by atoms with E-state index in [-0.39, 0.29) is 24.6 Å². The summed E-state index contributed by atoms with van der Waals surface area (Å²) in [4.78, 5) is 10.3. The van der Waals surface area contributed by atoms with Gasteiger partial charge < -0.3 is 14.8 Å². The van der Waals surface area contributed by atoms with Gasteiger partial charge in [0.25, 0.3) is 0 Å². The molecular formula is C5H10ClNO3. The molecule has 1 aliphatic rings. The Morgan fingerprint density at radius 1 is 1.90 bits per heavy atom. The number of hydrogen-bond acceptors (Lipinski definition) is 3. The van der Waals surface area contributed by atoms with Crippen molar-refractivity contribution in [2.75, 3.05) is 20.3 Å². The number of cyclic esters (lactones) is 1. The van der Waals surface area contributed by atoms with E-state index in [9.17, 15) is 4.79 Å². The van der Waals surface area contributed by atoms with E-state index in [4.69, 9.17) is 9.47 Å². The lowest BCUT2D eigenvalue weighted by molar-refractivity contribution is 0.0717. The SMILES string of the molecule is COCC1CNC(=O)O1.Cl. The summed E-state index contributed by atoms with van der Waals surface area (Å²) in [6.45, 7) is 1.03. The molecule has 60 valence electrons. The van der Waals surface area contributed by atoms with Crippen LogP contribution < -0.4 is 5.32 Å². The van der Waals surface area contributed by atoms with Crippen LogP contribution in [-0.4, -0.2) is 32.5 Å². The zero-order valence-electron chi connectivity index (χ0n) is 5.62. The summed E-state index contributed by atoms with van der Waals surface area (Å²) < 4.78 is 9.48. The van der Waals surface area contributed by atoms with Crippen molar-refractivity contribution in [3.05, 3.63) is 0 Å². The van der Waals surface area contributed by atoms with E-state index in [1.54, 1.807) is 7.11 Å². The van der Waals surface area contributed by atoms with Crippen LogP contribution in [0.2, 0.25) is 0 Å². The predicted octanol–water partition coefficient (Wildman–Crippen LogP) is 0.163.